The summed E-state index contributed by atoms with van der Waals surface area (Å²) >= 11 is 3.21. The summed E-state index contributed by atoms with van der Waals surface area (Å²) in [5, 5.41) is 8.34. The number of hydrogen-bond donors (Lipinski definition) is 1. The summed E-state index contributed by atoms with van der Waals surface area (Å²) in [6.45, 7) is 0. The maximum absolute atomic E-state index is 8.34. The van der Waals surface area contributed by atoms with Crippen molar-refractivity contribution in [1.29, 1.82) is 5.26 Å². The van der Waals surface area contributed by atoms with E-state index in [9.17, 15) is 0 Å². The first-order valence-corrected chi connectivity index (χ1v) is 3.81. The van der Waals surface area contributed by atoms with Crippen LogP contribution in [-0.4, -0.2) is 4.98 Å². The van der Waals surface area contributed by atoms with Crippen LogP contribution >= 0.6 is 15.9 Å². The van der Waals surface area contributed by atoms with Gasteiger partial charge in [0.15, 0.2) is 0 Å². The minimum absolute atomic E-state index is 0.303. The molecule has 11 heavy (non-hydrogen) atoms. The van der Waals surface area contributed by atoms with Gasteiger partial charge in [-0.25, -0.2) is 4.98 Å². The number of hydrogen-bond acceptors (Lipinski definition) is 3. The van der Waals surface area contributed by atoms with E-state index in [1.54, 1.807) is 12.1 Å². The van der Waals surface area contributed by atoms with Crippen molar-refractivity contribution < 1.29 is 0 Å². The number of anilines is 1. The Morgan fingerprint density at radius 1 is 1.64 bits per heavy atom. The fourth-order valence-electron chi connectivity index (χ4n) is 0.680. The predicted octanol–water partition coefficient (Wildman–Crippen LogP) is 1.49. The average Bonchev–Trinajstić information content (AvgIpc) is 1.98. The molecule has 0 amide bonds. The molecule has 0 radical (unpaired) electrons. The third kappa shape index (κ3) is 1.92. The van der Waals surface area contributed by atoms with Crippen molar-refractivity contribution in [1.82, 2.24) is 4.98 Å². The van der Waals surface area contributed by atoms with E-state index < -0.39 is 0 Å². The standard InChI is InChI=1S/C7H6BrN3/c8-6-2-1-5(3-4-9)11-7(6)10/h1-2H,3H2,(H2,10,11). The van der Waals surface area contributed by atoms with E-state index in [-0.39, 0.29) is 0 Å². The SMILES string of the molecule is N#CCc1ccc(Br)c(N)n1. The van der Waals surface area contributed by atoms with Gasteiger partial charge in [0.2, 0.25) is 0 Å². The van der Waals surface area contributed by atoms with Gasteiger partial charge in [0.05, 0.1) is 22.7 Å². The summed E-state index contributed by atoms with van der Waals surface area (Å²) in [4.78, 5) is 3.97. The lowest BCUT2D eigenvalue weighted by atomic mass is 10.3. The number of nitrogen functional groups attached to an aromatic ring is 1. The molecule has 56 valence electrons. The van der Waals surface area contributed by atoms with Gasteiger partial charge in [0, 0.05) is 0 Å². The molecule has 0 unspecified atom stereocenters. The van der Waals surface area contributed by atoms with Crippen molar-refractivity contribution in [2.45, 2.75) is 6.42 Å². The highest BCUT2D eigenvalue weighted by molar-refractivity contribution is 9.10. The normalized spacial score (nSPS) is 9.09. The number of nitrogens with two attached hydrogens (primary N) is 1. The molecule has 0 aliphatic heterocycles. The molecule has 0 aromatic carbocycles. The van der Waals surface area contributed by atoms with Crippen molar-refractivity contribution in [3.05, 3.63) is 22.3 Å². The van der Waals surface area contributed by atoms with E-state index in [4.69, 9.17) is 11.0 Å². The molecule has 0 saturated heterocycles. The van der Waals surface area contributed by atoms with Gasteiger partial charge in [-0.3, -0.25) is 0 Å². The lowest BCUT2D eigenvalue weighted by molar-refractivity contribution is 1.12. The second-order valence-electron chi connectivity index (χ2n) is 2.00. The quantitative estimate of drug-likeness (QED) is 0.766. The molecule has 0 fully saturated rings. The number of halogens is 1. The maximum atomic E-state index is 8.34. The van der Waals surface area contributed by atoms with Crippen molar-refractivity contribution in [3.8, 4) is 6.07 Å². The van der Waals surface area contributed by atoms with Gasteiger partial charge in [-0.15, -0.1) is 0 Å². The Labute approximate surface area is 73.0 Å². The van der Waals surface area contributed by atoms with Crippen LogP contribution in [0.5, 0.6) is 0 Å². The van der Waals surface area contributed by atoms with Gasteiger partial charge in [-0.2, -0.15) is 5.26 Å². The van der Waals surface area contributed by atoms with Crippen molar-refractivity contribution >= 4 is 21.7 Å². The van der Waals surface area contributed by atoms with Gasteiger partial charge in [0.25, 0.3) is 0 Å². The Hall–Kier alpha value is -1.08. The van der Waals surface area contributed by atoms with Crippen LogP contribution in [0.2, 0.25) is 0 Å². The van der Waals surface area contributed by atoms with Crippen LogP contribution in [0.15, 0.2) is 16.6 Å². The smallest absolute Gasteiger partial charge is 0.138 e. The Balaban J connectivity index is 2.98. The Morgan fingerprint density at radius 3 is 2.91 bits per heavy atom. The fourth-order valence-corrected chi connectivity index (χ4v) is 0.900. The summed E-state index contributed by atoms with van der Waals surface area (Å²) in [6, 6.07) is 5.55. The van der Waals surface area contributed by atoms with Crippen LogP contribution in [0.1, 0.15) is 5.69 Å². The number of aromatic nitrogens is 1. The molecule has 0 saturated carbocycles. The van der Waals surface area contributed by atoms with Gasteiger partial charge in [-0.1, -0.05) is 0 Å². The third-order valence-corrected chi connectivity index (χ3v) is 1.86. The van der Waals surface area contributed by atoms with E-state index in [2.05, 4.69) is 20.9 Å². The molecule has 0 aliphatic carbocycles. The van der Waals surface area contributed by atoms with Gasteiger partial charge >= 0.3 is 0 Å². The first-order valence-electron chi connectivity index (χ1n) is 3.02. The summed E-state index contributed by atoms with van der Waals surface area (Å²) in [5.74, 6) is 0.428. The summed E-state index contributed by atoms with van der Waals surface area (Å²) < 4.78 is 0.763. The molecule has 3 nitrogen and oxygen atoms in total. The van der Waals surface area contributed by atoms with Crippen LogP contribution in [0.4, 0.5) is 5.82 Å². The lowest BCUT2D eigenvalue weighted by Gasteiger charge is -1.97. The first-order chi connectivity index (χ1) is 5.24. The molecule has 1 aromatic rings. The third-order valence-electron chi connectivity index (χ3n) is 1.19. The fraction of sp³-hybridized carbons (Fsp3) is 0.143. The van der Waals surface area contributed by atoms with Crippen molar-refractivity contribution in [3.63, 3.8) is 0 Å². The molecule has 0 atom stereocenters. The average molecular weight is 212 g/mol. The molecular formula is C7H6BrN3. The molecule has 1 heterocycles. The molecule has 4 heteroatoms. The predicted molar refractivity (Wildman–Crippen MR) is 45.7 cm³/mol. The van der Waals surface area contributed by atoms with E-state index >= 15 is 0 Å². The molecular weight excluding hydrogens is 206 g/mol. The summed E-state index contributed by atoms with van der Waals surface area (Å²) in [7, 11) is 0. The molecule has 1 aromatic heterocycles. The van der Waals surface area contributed by atoms with E-state index in [1.165, 1.54) is 0 Å². The van der Waals surface area contributed by atoms with Crippen LogP contribution < -0.4 is 5.73 Å². The highest BCUT2D eigenvalue weighted by Crippen LogP contribution is 2.16. The second-order valence-corrected chi connectivity index (χ2v) is 2.86. The molecule has 1 rings (SSSR count). The molecule has 0 spiro atoms. The first kappa shape index (κ1) is 8.02. The highest BCUT2D eigenvalue weighted by atomic mass is 79.9. The van der Waals surface area contributed by atoms with E-state index in [0.717, 1.165) is 4.47 Å². The van der Waals surface area contributed by atoms with Crippen LogP contribution in [0.25, 0.3) is 0 Å². The molecule has 0 bridgehead atoms. The molecule has 0 aliphatic rings. The van der Waals surface area contributed by atoms with Crippen molar-refractivity contribution in [2.75, 3.05) is 5.73 Å². The summed E-state index contributed by atoms with van der Waals surface area (Å²) in [5.41, 5.74) is 6.19. The largest absolute Gasteiger partial charge is 0.383 e. The van der Waals surface area contributed by atoms with Gasteiger partial charge in [-0.05, 0) is 28.1 Å². The second kappa shape index (κ2) is 3.35. The Morgan fingerprint density at radius 2 is 2.36 bits per heavy atom. The minimum atomic E-state index is 0.303. The van der Waals surface area contributed by atoms with Crippen molar-refractivity contribution in [2.24, 2.45) is 0 Å². The lowest BCUT2D eigenvalue weighted by Crippen LogP contribution is -1.95. The zero-order valence-corrected chi connectivity index (χ0v) is 7.30. The van der Waals surface area contributed by atoms with E-state index in [0.29, 0.717) is 17.9 Å². The van der Waals surface area contributed by atoms with E-state index in [1.807, 2.05) is 6.07 Å². The Kier molecular flexibility index (Phi) is 2.44. The number of nitriles is 1. The number of pyridine rings is 1. The monoisotopic (exact) mass is 211 g/mol. The van der Waals surface area contributed by atoms with Crippen LogP contribution in [0.3, 0.4) is 0 Å². The maximum Gasteiger partial charge on any atom is 0.138 e. The Bertz CT molecular complexity index is 303. The highest BCUT2D eigenvalue weighted by Gasteiger charge is 1.97. The van der Waals surface area contributed by atoms with Gasteiger partial charge in [0.1, 0.15) is 5.82 Å². The zero-order chi connectivity index (χ0) is 8.27. The summed E-state index contributed by atoms with van der Waals surface area (Å²) in [6.07, 6.45) is 0.303. The topological polar surface area (TPSA) is 62.7 Å². The van der Waals surface area contributed by atoms with Crippen LogP contribution in [0, 0.1) is 11.3 Å². The minimum Gasteiger partial charge on any atom is -0.383 e. The number of rotatable bonds is 1. The van der Waals surface area contributed by atoms with Crippen LogP contribution in [-0.2, 0) is 6.42 Å². The number of nitrogens with zero attached hydrogens (tertiary/aromatic N) is 2. The van der Waals surface area contributed by atoms with Gasteiger partial charge < -0.3 is 5.73 Å². The molecule has 2 N–H and O–H groups in total. The zero-order valence-electron chi connectivity index (χ0n) is 5.71.